The molecule has 1 atom stereocenters. The largest absolute Gasteiger partial charge is 0.430 e. The first-order valence-corrected chi connectivity index (χ1v) is 7.27. The first kappa shape index (κ1) is 21.5. The van der Waals surface area contributed by atoms with E-state index in [9.17, 15) is 26.3 Å². The average Bonchev–Trinajstić information content (AvgIpc) is 2.44. The van der Waals surface area contributed by atoms with E-state index >= 15 is 0 Å². The van der Waals surface area contributed by atoms with E-state index in [1.165, 1.54) is 26.8 Å². The molecule has 0 aliphatic rings. The van der Waals surface area contributed by atoms with Crippen molar-refractivity contribution in [3.63, 3.8) is 0 Å². The molecule has 0 aliphatic carbocycles. The van der Waals surface area contributed by atoms with Gasteiger partial charge in [-0.05, 0) is 5.56 Å². The number of benzene rings is 1. The van der Waals surface area contributed by atoms with Crippen molar-refractivity contribution in [1.29, 1.82) is 0 Å². The molecule has 2 nitrogen and oxygen atoms in total. The summed E-state index contributed by atoms with van der Waals surface area (Å²) in [4.78, 5) is 0. The molecule has 8 heteroatoms. The third kappa shape index (κ3) is 4.17. The number of hydrogen-bond donors (Lipinski definition) is 0. The highest BCUT2D eigenvalue weighted by atomic mass is 19.4. The topological polar surface area (TPSA) is 18.5 Å². The van der Waals surface area contributed by atoms with E-state index in [4.69, 9.17) is 4.74 Å². The maximum atomic E-state index is 13.7. The normalized spacial score (nSPS) is 15.1. The van der Waals surface area contributed by atoms with Gasteiger partial charge < -0.3 is 9.47 Å². The monoisotopic (exact) mass is 370 g/mol. The fourth-order valence-electron chi connectivity index (χ4n) is 2.28. The molecule has 25 heavy (non-hydrogen) atoms. The van der Waals surface area contributed by atoms with Crippen LogP contribution in [-0.4, -0.2) is 25.8 Å². The zero-order valence-corrected chi connectivity index (χ0v) is 14.3. The van der Waals surface area contributed by atoms with Crippen molar-refractivity contribution in [3.05, 3.63) is 42.0 Å². The lowest BCUT2D eigenvalue weighted by molar-refractivity contribution is -0.424. The van der Waals surface area contributed by atoms with Gasteiger partial charge in [0.05, 0.1) is 0 Å². The minimum Gasteiger partial charge on any atom is -0.355 e. The molecule has 1 rings (SSSR count). The molecule has 0 spiro atoms. The molecule has 0 aliphatic heterocycles. The van der Waals surface area contributed by atoms with E-state index in [1.807, 2.05) is 0 Å². The highest BCUT2D eigenvalue weighted by Crippen LogP contribution is 2.54. The summed E-state index contributed by atoms with van der Waals surface area (Å²) in [6.07, 6.45) is -12.0. The van der Waals surface area contributed by atoms with Gasteiger partial charge in [0.25, 0.3) is 5.60 Å². The maximum absolute atomic E-state index is 13.7. The predicted octanol–water partition coefficient (Wildman–Crippen LogP) is 5.68. The predicted molar refractivity (Wildman–Crippen MR) is 81.7 cm³/mol. The van der Waals surface area contributed by atoms with Crippen molar-refractivity contribution < 1.29 is 35.8 Å². The van der Waals surface area contributed by atoms with E-state index in [1.54, 1.807) is 0 Å². The van der Waals surface area contributed by atoms with Gasteiger partial charge in [-0.1, -0.05) is 57.7 Å². The van der Waals surface area contributed by atoms with Crippen LogP contribution in [0.3, 0.4) is 0 Å². The molecule has 1 unspecified atom stereocenters. The second-order valence-electron chi connectivity index (χ2n) is 6.55. The molecule has 0 saturated heterocycles. The van der Waals surface area contributed by atoms with Crippen LogP contribution in [0.1, 0.15) is 31.9 Å². The minimum absolute atomic E-state index is 0.376. The standard InChI is InChI=1S/C17H20F6O2/c1-6-11-7-9-12(10-8-11)15(16(18,19)20,17(21,22)23)25-13(24-5)14(2,3)4/h6-10,13H,1H2,2-5H3. The van der Waals surface area contributed by atoms with Crippen LogP contribution in [0.15, 0.2) is 30.8 Å². The van der Waals surface area contributed by atoms with Crippen LogP contribution in [0.4, 0.5) is 26.3 Å². The van der Waals surface area contributed by atoms with Crippen molar-refractivity contribution >= 4 is 6.08 Å². The zero-order valence-electron chi connectivity index (χ0n) is 14.3. The first-order chi connectivity index (χ1) is 11.2. The SMILES string of the molecule is C=Cc1ccc(C(OC(OC)C(C)(C)C)(C(F)(F)F)C(F)(F)F)cc1. The molecule has 0 bridgehead atoms. The van der Waals surface area contributed by atoms with Crippen molar-refractivity contribution in [1.82, 2.24) is 0 Å². The van der Waals surface area contributed by atoms with Gasteiger partial charge in [-0.15, -0.1) is 0 Å². The Kier molecular flexibility index (Phi) is 6.01. The van der Waals surface area contributed by atoms with Crippen LogP contribution in [-0.2, 0) is 15.1 Å². The van der Waals surface area contributed by atoms with Crippen LogP contribution in [0, 0.1) is 5.41 Å². The van der Waals surface area contributed by atoms with E-state index < -0.39 is 35.2 Å². The molecule has 0 saturated carbocycles. The molecular formula is C17H20F6O2. The number of rotatable bonds is 5. The summed E-state index contributed by atoms with van der Waals surface area (Å²) in [5.41, 5.74) is -6.35. The Morgan fingerprint density at radius 3 is 1.64 bits per heavy atom. The van der Waals surface area contributed by atoms with Crippen molar-refractivity contribution in [2.45, 2.75) is 45.0 Å². The molecular weight excluding hydrogens is 350 g/mol. The van der Waals surface area contributed by atoms with Crippen LogP contribution in [0.25, 0.3) is 6.08 Å². The lowest BCUT2D eigenvalue weighted by Crippen LogP contribution is -2.59. The van der Waals surface area contributed by atoms with Gasteiger partial charge in [0.2, 0.25) is 0 Å². The summed E-state index contributed by atoms with van der Waals surface area (Å²) in [5.74, 6) is 0. The Bertz CT molecular complexity index is 567. The van der Waals surface area contributed by atoms with Crippen LogP contribution in [0.2, 0.25) is 0 Å². The Hall–Kier alpha value is -1.54. The Morgan fingerprint density at radius 1 is 0.920 bits per heavy atom. The van der Waals surface area contributed by atoms with Gasteiger partial charge in [0, 0.05) is 18.1 Å². The molecule has 1 aromatic rings. The van der Waals surface area contributed by atoms with Gasteiger partial charge >= 0.3 is 12.4 Å². The fourth-order valence-corrected chi connectivity index (χ4v) is 2.28. The molecule has 0 radical (unpaired) electrons. The Balaban J connectivity index is 3.66. The maximum Gasteiger partial charge on any atom is 0.430 e. The molecule has 0 amide bonds. The molecule has 142 valence electrons. The number of ether oxygens (including phenoxy) is 2. The highest BCUT2D eigenvalue weighted by Gasteiger charge is 2.74. The summed E-state index contributed by atoms with van der Waals surface area (Å²) in [5, 5.41) is 0. The molecule has 1 aromatic carbocycles. The molecule has 0 fully saturated rings. The summed E-state index contributed by atoms with van der Waals surface area (Å²) in [6.45, 7) is 7.67. The third-order valence-corrected chi connectivity index (χ3v) is 3.56. The number of halogens is 6. The third-order valence-electron chi connectivity index (χ3n) is 3.56. The number of methoxy groups -OCH3 is 1. The lowest BCUT2D eigenvalue weighted by atomic mass is 9.89. The van der Waals surface area contributed by atoms with Crippen molar-refractivity contribution in [2.75, 3.05) is 7.11 Å². The van der Waals surface area contributed by atoms with Crippen molar-refractivity contribution in [3.8, 4) is 0 Å². The molecule has 0 N–H and O–H groups in total. The molecule has 0 heterocycles. The van der Waals surface area contributed by atoms with Gasteiger partial charge in [-0.25, -0.2) is 0 Å². The van der Waals surface area contributed by atoms with Gasteiger partial charge in [-0.2, -0.15) is 26.3 Å². The highest BCUT2D eigenvalue weighted by molar-refractivity contribution is 5.48. The van der Waals surface area contributed by atoms with Crippen molar-refractivity contribution in [2.24, 2.45) is 5.41 Å². The molecule has 0 aromatic heterocycles. The van der Waals surface area contributed by atoms with Gasteiger partial charge in [-0.3, -0.25) is 0 Å². The van der Waals surface area contributed by atoms with E-state index in [-0.39, 0.29) is 0 Å². The van der Waals surface area contributed by atoms with Crippen LogP contribution >= 0.6 is 0 Å². The summed E-state index contributed by atoms with van der Waals surface area (Å²) in [7, 11) is 0.994. The second-order valence-corrected chi connectivity index (χ2v) is 6.55. The van der Waals surface area contributed by atoms with Crippen LogP contribution < -0.4 is 0 Å². The quantitative estimate of drug-likeness (QED) is 0.490. The number of hydrogen-bond acceptors (Lipinski definition) is 2. The van der Waals surface area contributed by atoms with Crippen LogP contribution in [0.5, 0.6) is 0 Å². The van der Waals surface area contributed by atoms with E-state index in [0.717, 1.165) is 31.4 Å². The summed E-state index contributed by atoms with van der Waals surface area (Å²) < 4.78 is 91.7. The van der Waals surface area contributed by atoms with E-state index in [0.29, 0.717) is 5.56 Å². The lowest BCUT2D eigenvalue weighted by Gasteiger charge is -2.42. The van der Waals surface area contributed by atoms with E-state index in [2.05, 4.69) is 11.3 Å². The zero-order chi connectivity index (χ0) is 19.7. The Morgan fingerprint density at radius 2 is 1.36 bits per heavy atom. The first-order valence-electron chi connectivity index (χ1n) is 7.27. The smallest absolute Gasteiger partial charge is 0.355 e. The summed E-state index contributed by atoms with van der Waals surface area (Å²) in [6, 6.07) is 3.67. The number of alkyl halides is 6. The fraction of sp³-hybridized carbons (Fsp3) is 0.529. The van der Waals surface area contributed by atoms with Gasteiger partial charge in [0.15, 0.2) is 6.29 Å². The average molecular weight is 370 g/mol. The van der Waals surface area contributed by atoms with Gasteiger partial charge in [0.1, 0.15) is 0 Å². The minimum atomic E-state index is -5.76. The summed E-state index contributed by atoms with van der Waals surface area (Å²) >= 11 is 0. The Labute approximate surface area is 142 Å². The second kappa shape index (κ2) is 6.99.